The number of carbonyl (C=O) groups is 1. The summed E-state index contributed by atoms with van der Waals surface area (Å²) in [7, 11) is -3.67. The molecule has 0 spiro atoms. The third-order valence-electron chi connectivity index (χ3n) is 3.97. The molecule has 1 amide bonds. The number of thiophene rings is 1. The predicted octanol–water partition coefficient (Wildman–Crippen LogP) is 3.16. The second-order valence-corrected chi connectivity index (χ2v) is 9.16. The Kier molecular flexibility index (Phi) is 5.98. The number of amides is 1. The Morgan fingerprint density at radius 2 is 1.93 bits per heavy atom. The molecule has 3 rings (SSSR count). The number of pyridine rings is 1. The lowest BCUT2D eigenvalue weighted by Crippen LogP contribution is -2.32. The third-order valence-corrected chi connectivity index (χ3v) is 7.50. The van der Waals surface area contributed by atoms with Gasteiger partial charge in [-0.3, -0.25) is 9.78 Å². The summed E-state index contributed by atoms with van der Waals surface area (Å²) in [5, 5.41) is 3.43. The van der Waals surface area contributed by atoms with Gasteiger partial charge in [0.1, 0.15) is 15.3 Å². The van der Waals surface area contributed by atoms with Gasteiger partial charge in [-0.1, -0.05) is 24.3 Å². The maximum Gasteiger partial charge on any atom is 0.224 e. The number of halogens is 1. The fraction of sp³-hybridized carbons (Fsp3) is 0.158. The Morgan fingerprint density at radius 1 is 1.15 bits per heavy atom. The first kappa shape index (κ1) is 19.2. The topological polar surface area (TPSA) is 76.1 Å². The molecule has 0 aliphatic heterocycles. The van der Waals surface area contributed by atoms with Crippen molar-refractivity contribution in [2.24, 2.45) is 0 Å². The van der Waals surface area contributed by atoms with Crippen LogP contribution in [0.2, 0.25) is 0 Å². The summed E-state index contributed by atoms with van der Waals surface area (Å²) in [4.78, 5) is 16.2. The van der Waals surface area contributed by atoms with E-state index in [1.807, 2.05) is 0 Å². The third kappa shape index (κ3) is 4.78. The highest BCUT2D eigenvalue weighted by atomic mass is 32.2. The SMILES string of the molecule is O=C(Cc1ccc(F)cc1)NCC(c1cccnc1)S(=O)(=O)c1cccs1. The van der Waals surface area contributed by atoms with Gasteiger partial charge in [-0.2, -0.15) is 0 Å². The fourth-order valence-corrected chi connectivity index (χ4v) is 5.44. The number of nitrogens with zero attached hydrogens (tertiary/aromatic N) is 1. The molecule has 2 aromatic heterocycles. The lowest BCUT2D eigenvalue weighted by molar-refractivity contribution is -0.120. The van der Waals surface area contributed by atoms with Crippen LogP contribution >= 0.6 is 11.3 Å². The van der Waals surface area contributed by atoms with E-state index in [9.17, 15) is 17.6 Å². The Balaban J connectivity index is 1.76. The molecule has 5 nitrogen and oxygen atoms in total. The van der Waals surface area contributed by atoms with Crippen LogP contribution in [0.15, 0.2) is 70.5 Å². The van der Waals surface area contributed by atoms with Gasteiger partial charge in [0.05, 0.1) is 6.42 Å². The Labute approximate surface area is 160 Å². The molecular formula is C19H17FN2O3S2. The van der Waals surface area contributed by atoms with Crippen LogP contribution in [0.1, 0.15) is 16.4 Å². The van der Waals surface area contributed by atoms with Gasteiger partial charge in [0.2, 0.25) is 5.91 Å². The first-order valence-electron chi connectivity index (χ1n) is 8.15. The summed E-state index contributed by atoms with van der Waals surface area (Å²) in [5.41, 5.74) is 1.15. The summed E-state index contributed by atoms with van der Waals surface area (Å²) in [6.07, 6.45) is 3.09. The van der Waals surface area contributed by atoms with E-state index in [0.717, 1.165) is 11.3 Å². The standard InChI is InChI=1S/C19H17FN2O3S2/c20-16-7-5-14(6-8-16)11-18(23)22-13-17(15-3-1-9-21-12-15)27(24,25)19-4-2-10-26-19/h1-10,12,17H,11,13H2,(H,22,23). The van der Waals surface area contributed by atoms with Gasteiger partial charge in [-0.05, 0) is 40.8 Å². The smallest absolute Gasteiger partial charge is 0.224 e. The molecule has 140 valence electrons. The van der Waals surface area contributed by atoms with Gasteiger partial charge < -0.3 is 5.32 Å². The highest BCUT2D eigenvalue weighted by Gasteiger charge is 2.30. The number of benzene rings is 1. The van der Waals surface area contributed by atoms with Gasteiger partial charge >= 0.3 is 0 Å². The molecule has 0 aliphatic carbocycles. The van der Waals surface area contributed by atoms with E-state index < -0.39 is 15.1 Å². The molecule has 2 heterocycles. The molecule has 1 atom stereocenters. The van der Waals surface area contributed by atoms with Crippen molar-refractivity contribution in [1.29, 1.82) is 0 Å². The first-order valence-corrected chi connectivity index (χ1v) is 10.6. The fourth-order valence-electron chi connectivity index (χ4n) is 2.60. The number of hydrogen-bond acceptors (Lipinski definition) is 5. The Morgan fingerprint density at radius 3 is 2.56 bits per heavy atom. The minimum Gasteiger partial charge on any atom is -0.354 e. The molecule has 1 unspecified atom stereocenters. The number of rotatable bonds is 7. The quantitative estimate of drug-likeness (QED) is 0.656. The highest BCUT2D eigenvalue weighted by molar-refractivity contribution is 7.93. The molecular weight excluding hydrogens is 387 g/mol. The molecule has 1 N–H and O–H groups in total. The van der Waals surface area contributed by atoms with Crippen LogP contribution in [0.3, 0.4) is 0 Å². The van der Waals surface area contributed by atoms with Gasteiger partial charge in [0.25, 0.3) is 0 Å². The summed E-state index contributed by atoms with van der Waals surface area (Å²) < 4.78 is 39.2. The van der Waals surface area contributed by atoms with Crippen molar-refractivity contribution in [2.45, 2.75) is 15.9 Å². The lowest BCUT2D eigenvalue weighted by atomic mass is 10.1. The predicted molar refractivity (Wildman–Crippen MR) is 102 cm³/mol. The summed E-state index contributed by atoms with van der Waals surface area (Å²) in [6, 6.07) is 12.2. The molecule has 0 fully saturated rings. The second kappa shape index (κ2) is 8.41. The van der Waals surface area contributed by atoms with Crippen molar-refractivity contribution in [3.63, 3.8) is 0 Å². The van der Waals surface area contributed by atoms with Crippen LogP contribution in [0.5, 0.6) is 0 Å². The maximum atomic E-state index is 13.0. The monoisotopic (exact) mass is 404 g/mol. The van der Waals surface area contributed by atoms with Crippen molar-refractivity contribution < 1.29 is 17.6 Å². The van der Waals surface area contributed by atoms with Crippen LogP contribution < -0.4 is 5.32 Å². The number of aromatic nitrogens is 1. The molecule has 1 aromatic carbocycles. The minimum absolute atomic E-state index is 0.0408. The molecule has 8 heteroatoms. The van der Waals surface area contributed by atoms with Gasteiger partial charge in [0, 0.05) is 18.9 Å². The number of hydrogen-bond donors (Lipinski definition) is 1. The molecule has 0 saturated heterocycles. The van der Waals surface area contributed by atoms with E-state index in [1.165, 1.54) is 30.5 Å². The average molecular weight is 404 g/mol. The van der Waals surface area contributed by atoms with Crippen molar-refractivity contribution in [3.05, 3.63) is 83.2 Å². The summed E-state index contributed by atoms with van der Waals surface area (Å²) in [6.45, 7) is -0.0774. The first-order chi connectivity index (χ1) is 13.0. The molecule has 0 saturated carbocycles. The van der Waals surface area contributed by atoms with E-state index in [0.29, 0.717) is 11.1 Å². The van der Waals surface area contributed by atoms with E-state index >= 15 is 0 Å². The highest BCUT2D eigenvalue weighted by Crippen LogP contribution is 2.30. The zero-order valence-corrected chi connectivity index (χ0v) is 15.8. The Hall–Kier alpha value is -2.58. The van der Waals surface area contributed by atoms with Gasteiger partial charge in [0.15, 0.2) is 9.84 Å². The van der Waals surface area contributed by atoms with Crippen LogP contribution in [0.25, 0.3) is 0 Å². The second-order valence-electron chi connectivity index (χ2n) is 5.86. The zero-order valence-electron chi connectivity index (χ0n) is 14.2. The van der Waals surface area contributed by atoms with E-state index in [2.05, 4.69) is 10.3 Å². The van der Waals surface area contributed by atoms with Crippen LogP contribution in [-0.4, -0.2) is 25.9 Å². The maximum absolute atomic E-state index is 13.0. The molecule has 27 heavy (non-hydrogen) atoms. The van der Waals surface area contributed by atoms with E-state index in [1.54, 1.807) is 35.8 Å². The van der Waals surface area contributed by atoms with E-state index in [4.69, 9.17) is 0 Å². The Bertz CT molecular complexity index is 989. The van der Waals surface area contributed by atoms with E-state index in [-0.39, 0.29) is 28.9 Å². The lowest BCUT2D eigenvalue weighted by Gasteiger charge is -2.18. The summed E-state index contributed by atoms with van der Waals surface area (Å²) >= 11 is 1.13. The van der Waals surface area contributed by atoms with Crippen molar-refractivity contribution in [1.82, 2.24) is 10.3 Å². The number of nitrogens with one attached hydrogen (secondary N) is 1. The van der Waals surface area contributed by atoms with Crippen LogP contribution in [-0.2, 0) is 21.1 Å². The zero-order chi connectivity index (χ0) is 19.3. The van der Waals surface area contributed by atoms with Crippen molar-refractivity contribution in [2.75, 3.05) is 6.54 Å². The van der Waals surface area contributed by atoms with Gasteiger partial charge in [-0.25, -0.2) is 12.8 Å². The largest absolute Gasteiger partial charge is 0.354 e. The van der Waals surface area contributed by atoms with Crippen molar-refractivity contribution >= 4 is 27.1 Å². The number of sulfone groups is 1. The molecule has 0 bridgehead atoms. The van der Waals surface area contributed by atoms with Crippen LogP contribution in [0.4, 0.5) is 4.39 Å². The number of carbonyl (C=O) groups excluding carboxylic acids is 1. The van der Waals surface area contributed by atoms with Crippen molar-refractivity contribution in [3.8, 4) is 0 Å². The van der Waals surface area contributed by atoms with Crippen LogP contribution in [0, 0.1) is 5.82 Å². The minimum atomic E-state index is -3.67. The molecule has 0 aliphatic rings. The summed E-state index contributed by atoms with van der Waals surface area (Å²) in [5.74, 6) is -0.713. The molecule has 3 aromatic rings. The normalized spacial score (nSPS) is 12.5. The van der Waals surface area contributed by atoms with Gasteiger partial charge in [-0.15, -0.1) is 11.3 Å². The molecule has 0 radical (unpaired) electrons. The average Bonchev–Trinajstić information content (AvgIpc) is 3.20.